The van der Waals surface area contributed by atoms with E-state index in [9.17, 15) is 9.59 Å². The first-order valence-corrected chi connectivity index (χ1v) is 12.0. The maximum Gasteiger partial charge on any atom is 0.303 e. The van der Waals surface area contributed by atoms with Crippen molar-refractivity contribution in [3.8, 4) is 0 Å². The Balaban J connectivity index is -0.000000451. The number of unbranched alkanes of at least 4 members (excludes halogenated alkanes) is 16. The number of carbonyl (C=O) groups is 2. The largest absolute Gasteiger partial charge is 0.481 e. The van der Waals surface area contributed by atoms with Gasteiger partial charge in [-0.2, -0.15) is 0 Å². The van der Waals surface area contributed by atoms with Gasteiger partial charge in [0.15, 0.2) is 0 Å². The molecule has 0 amide bonds. The van der Waals surface area contributed by atoms with E-state index in [0.717, 1.165) is 25.7 Å². The zero-order valence-corrected chi connectivity index (χ0v) is 21.8. The molecule has 0 unspecified atom stereocenters. The van der Waals surface area contributed by atoms with Crippen molar-refractivity contribution >= 4 is 11.9 Å². The zero-order chi connectivity index (χ0) is 21.3. The molecule has 0 atom stereocenters. The molecular weight excluding hydrogens is 443 g/mol. The van der Waals surface area contributed by atoms with Gasteiger partial charge in [-0.15, -0.1) is 0 Å². The van der Waals surface area contributed by atoms with Crippen LogP contribution < -0.4 is 0 Å². The molecule has 0 fully saturated rings. The fourth-order valence-electron chi connectivity index (χ4n) is 3.17. The van der Waals surface area contributed by atoms with Crippen LogP contribution >= 0.6 is 0 Å². The summed E-state index contributed by atoms with van der Waals surface area (Å²) >= 11 is 0. The fourth-order valence-corrected chi connectivity index (χ4v) is 3.17. The second-order valence-corrected chi connectivity index (χ2v) is 7.94. The summed E-state index contributed by atoms with van der Waals surface area (Å²) in [5.74, 6) is -1.32. The predicted octanol–water partition coefficient (Wildman–Crippen LogP) is 7.98. The van der Waals surface area contributed by atoms with Gasteiger partial charge in [0.2, 0.25) is 0 Å². The van der Waals surface area contributed by atoms with E-state index in [1.165, 1.54) is 89.9 Å². The molecular formula is C24H48O4Zr. The van der Waals surface area contributed by atoms with Crippen molar-refractivity contribution in [2.75, 3.05) is 0 Å². The fraction of sp³-hybridized carbons (Fsp3) is 0.917. The Hall–Kier alpha value is -0.177. The second-order valence-electron chi connectivity index (χ2n) is 7.94. The molecule has 0 aromatic carbocycles. The molecule has 2 N–H and O–H groups in total. The molecule has 0 aliphatic heterocycles. The minimum atomic E-state index is -0.659. The summed E-state index contributed by atoms with van der Waals surface area (Å²) in [5.41, 5.74) is 0. The molecule has 0 aliphatic carbocycles. The number of carboxylic acid groups (broad SMARTS) is 2. The number of carboxylic acids is 2. The van der Waals surface area contributed by atoms with Gasteiger partial charge in [-0.3, -0.25) is 9.59 Å². The van der Waals surface area contributed by atoms with E-state index in [1.54, 1.807) is 0 Å². The van der Waals surface area contributed by atoms with Gasteiger partial charge in [0.25, 0.3) is 0 Å². The van der Waals surface area contributed by atoms with Crippen LogP contribution in [0.25, 0.3) is 0 Å². The van der Waals surface area contributed by atoms with Crippen LogP contribution in [0.4, 0.5) is 0 Å². The third kappa shape index (κ3) is 39.0. The van der Waals surface area contributed by atoms with Crippen LogP contribution in [-0.2, 0) is 35.8 Å². The number of rotatable bonds is 20. The first-order chi connectivity index (χ1) is 13.5. The molecule has 0 radical (unpaired) electrons. The van der Waals surface area contributed by atoms with E-state index in [2.05, 4.69) is 13.8 Å². The molecule has 0 aliphatic rings. The Kier molecular flexibility index (Phi) is 34.6. The summed E-state index contributed by atoms with van der Waals surface area (Å²) in [7, 11) is 0. The predicted molar refractivity (Wildman–Crippen MR) is 119 cm³/mol. The quantitative estimate of drug-likeness (QED) is 0.169. The molecule has 5 heteroatoms. The van der Waals surface area contributed by atoms with Crippen LogP contribution in [0.2, 0.25) is 0 Å². The second kappa shape index (κ2) is 30.0. The molecule has 172 valence electrons. The van der Waals surface area contributed by atoms with Crippen molar-refractivity contribution in [3.05, 3.63) is 0 Å². The van der Waals surface area contributed by atoms with E-state index < -0.39 is 11.9 Å². The van der Waals surface area contributed by atoms with Crippen molar-refractivity contribution in [2.45, 2.75) is 142 Å². The van der Waals surface area contributed by atoms with Crippen LogP contribution in [0.3, 0.4) is 0 Å². The Bertz CT molecular complexity index is 303. The third-order valence-corrected chi connectivity index (χ3v) is 4.99. The molecule has 0 aromatic rings. The topological polar surface area (TPSA) is 74.6 Å². The Morgan fingerprint density at radius 1 is 0.448 bits per heavy atom. The number of aliphatic carboxylic acids is 2. The van der Waals surface area contributed by atoms with Crippen molar-refractivity contribution < 1.29 is 46.0 Å². The van der Waals surface area contributed by atoms with Gasteiger partial charge in [-0.1, -0.05) is 117 Å². The van der Waals surface area contributed by atoms with Crippen molar-refractivity contribution in [3.63, 3.8) is 0 Å². The first-order valence-electron chi connectivity index (χ1n) is 12.0. The first kappa shape index (κ1) is 33.5. The Morgan fingerprint density at radius 2 is 0.655 bits per heavy atom. The SMILES string of the molecule is CCCCCCCCCCCC(=O)O.CCCCCCCCCCCC(=O)O.[Zr]. The van der Waals surface area contributed by atoms with Gasteiger partial charge < -0.3 is 10.2 Å². The van der Waals surface area contributed by atoms with Crippen LogP contribution in [0.15, 0.2) is 0 Å². The maximum absolute atomic E-state index is 10.2. The average molecular weight is 492 g/mol. The van der Waals surface area contributed by atoms with Crippen LogP contribution in [0, 0.1) is 0 Å². The van der Waals surface area contributed by atoms with Gasteiger partial charge in [0.05, 0.1) is 0 Å². The van der Waals surface area contributed by atoms with Crippen LogP contribution in [0.1, 0.15) is 142 Å². The van der Waals surface area contributed by atoms with E-state index >= 15 is 0 Å². The summed E-state index contributed by atoms with van der Waals surface area (Å²) in [5, 5.41) is 16.8. The minimum absolute atomic E-state index is 0. The average Bonchev–Trinajstić information content (AvgIpc) is 2.65. The van der Waals surface area contributed by atoms with Gasteiger partial charge >= 0.3 is 11.9 Å². The molecule has 0 rings (SSSR count). The van der Waals surface area contributed by atoms with E-state index in [0.29, 0.717) is 12.8 Å². The maximum atomic E-state index is 10.2. The molecule has 0 saturated carbocycles. The van der Waals surface area contributed by atoms with Crippen LogP contribution in [0.5, 0.6) is 0 Å². The van der Waals surface area contributed by atoms with Gasteiger partial charge in [-0.05, 0) is 12.8 Å². The Labute approximate surface area is 199 Å². The Morgan fingerprint density at radius 3 is 0.862 bits per heavy atom. The van der Waals surface area contributed by atoms with Crippen molar-refractivity contribution in [1.82, 2.24) is 0 Å². The van der Waals surface area contributed by atoms with E-state index in [-0.39, 0.29) is 26.2 Å². The summed E-state index contributed by atoms with van der Waals surface area (Å²) < 4.78 is 0. The number of hydrogen-bond donors (Lipinski definition) is 2. The van der Waals surface area contributed by atoms with Gasteiger partial charge in [0.1, 0.15) is 0 Å². The smallest absolute Gasteiger partial charge is 0.303 e. The van der Waals surface area contributed by atoms with E-state index in [1.807, 2.05) is 0 Å². The van der Waals surface area contributed by atoms with Crippen molar-refractivity contribution in [2.24, 2.45) is 0 Å². The van der Waals surface area contributed by atoms with Crippen molar-refractivity contribution in [1.29, 1.82) is 0 Å². The summed E-state index contributed by atoms with van der Waals surface area (Å²) in [4.78, 5) is 20.4. The monoisotopic (exact) mass is 490 g/mol. The molecule has 0 bridgehead atoms. The summed E-state index contributed by atoms with van der Waals surface area (Å²) in [6, 6.07) is 0. The van der Waals surface area contributed by atoms with Gasteiger partial charge in [-0.25, -0.2) is 0 Å². The van der Waals surface area contributed by atoms with Crippen LogP contribution in [-0.4, -0.2) is 22.2 Å². The molecule has 0 saturated heterocycles. The molecule has 0 aromatic heterocycles. The number of hydrogen-bond acceptors (Lipinski definition) is 2. The standard InChI is InChI=1S/2C12H24O2.Zr/c2*1-2-3-4-5-6-7-8-9-10-11-12(13)14;/h2*2-11H2,1H3,(H,13,14);. The summed E-state index contributed by atoms with van der Waals surface area (Å²) in [6.45, 7) is 4.46. The molecule has 0 spiro atoms. The normalized spacial score (nSPS) is 10.0. The molecule has 0 heterocycles. The third-order valence-electron chi connectivity index (χ3n) is 4.99. The molecule has 29 heavy (non-hydrogen) atoms. The summed E-state index contributed by atoms with van der Waals surface area (Å²) in [6.07, 6.45) is 23.0. The van der Waals surface area contributed by atoms with E-state index in [4.69, 9.17) is 10.2 Å². The minimum Gasteiger partial charge on any atom is -0.481 e. The zero-order valence-electron chi connectivity index (χ0n) is 19.4. The molecule has 4 nitrogen and oxygen atoms in total. The van der Waals surface area contributed by atoms with Gasteiger partial charge in [0, 0.05) is 39.0 Å².